The van der Waals surface area contributed by atoms with Crippen LogP contribution in [-0.4, -0.2) is 41.2 Å². The molecule has 2 aromatic heterocycles. The van der Waals surface area contributed by atoms with Gasteiger partial charge < -0.3 is 10.2 Å². The van der Waals surface area contributed by atoms with Crippen molar-refractivity contribution in [3.63, 3.8) is 0 Å². The van der Waals surface area contributed by atoms with Gasteiger partial charge in [0.25, 0.3) is 5.91 Å². The van der Waals surface area contributed by atoms with E-state index in [9.17, 15) is 4.79 Å². The van der Waals surface area contributed by atoms with E-state index in [0.717, 1.165) is 21.6 Å². The monoisotopic (exact) mass is 438 g/mol. The number of likely N-dealkylation sites (N-methyl/N-ethyl adjacent to an activating group) is 1. The molecular weight excluding hydrogens is 416 g/mol. The first kappa shape index (κ1) is 20.6. The van der Waals surface area contributed by atoms with Crippen LogP contribution in [0.1, 0.15) is 27.0 Å². The number of carbonyl (C=O) groups excluding carboxylic acids is 1. The second-order valence-electron chi connectivity index (χ2n) is 7.40. The highest BCUT2D eigenvalue weighted by molar-refractivity contribution is 7.20. The Morgan fingerprint density at radius 3 is 2.53 bits per heavy atom. The SMILES string of the molecule is Cc1nn(-c2ccc(Cl)cc2)c2sc(C(=O)NC[C@@H](c3ccccc3)N(C)C)cc12. The number of thiophene rings is 1. The molecule has 4 rings (SSSR count). The van der Waals surface area contributed by atoms with Crippen LogP contribution in [0, 0.1) is 6.92 Å². The molecule has 7 heteroatoms. The van der Waals surface area contributed by atoms with Crippen molar-refractivity contribution < 1.29 is 4.79 Å². The average molecular weight is 439 g/mol. The molecule has 4 aromatic rings. The zero-order valence-electron chi connectivity index (χ0n) is 17.1. The maximum atomic E-state index is 12.9. The largest absolute Gasteiger partial charge is 0.349 e. The number of fused-ring (bicyclic) bond motifs is 1. The number of aromatic nitrogens is 2. The molecule has 2 heterocycles. The molecule has 2 aromatic carbocycles. The van der Waals surface area contributed by atoms with Crippen molar-refractivity contribution in [2.75, 3.05) is 20.6 Å². The molecule has 0 spiro atoms. The van der Waals surface area contributed by atoms with Gasteiger partial charge in [0.05, 0.1) is 22.3 Å². The number of hydrogen-bond acceptors (Lipinski definition) is 4. The highest BCUT2D eigenvalue weighted by Crippen LogP contribution is 2.31. The summed E-state index contributed by atoms with van der Waals surface area (Å²) >= 11 is 7.46. The summed E-state index contributed by atoms with van der Waals surface area (Å²) in [6, 6.07) is 19.8. The molecule has 0 saturated heterocycles. The summed E-state index contributed by atoms with van der Waals surface area (Å²) in [6.45, 7) is 2.49. The molecule has 0 fully saturated rings. The Hall–Kier alpha value is -2.67. The van der Waals surface area contributed by atoms with Gasteiger partial charge in [0, 0.05) is 17.0 Å². The first-order chi connectivity index (χ1) is 14.4. The van der Waals surface area contributed by atoms with Crippen molar-refractivity contribution in [3.8, 4) is 5.69 Å². The zero-order chi connectivity index (χ0) is 21.3. The molecule has 1 N–H and O–H groups in total. The quantitative estimate of drug-likeness (QED) is 0.456. The number of nitrogens with one attached hydrogen (secondary N) is 1. The predicted octanol–water partition coefficient (Wildman–Crippen LogP) is 5.08. The average Bonchev–Trinajstić information content (AvgIpc) is 3.30. The second-order valence-corrected chi connectivity index (χ2v) is 8.87. The first-order valence-electron chi connectivity index (χ1n) is 9.68. The molecule has 30 heavy (non-hydrogen) atoms. The Bertz CT molecular complexity index is 1170. The maximum absolute atomic E-state index is 12.9. The number of nitrogens with zero attached hydrogens (tertiary/aromatic N) is 3. The minimum absolute atomic E-state index is 0.0685. The summed E-state index contributed by atoms with van der Waals surface area (Å²) in [7, 11) is 4.04. The van der Waals surface area contributed by atoms with E-state index in [4.69, 9.17) is 11.6 Å². The van der Waals surface area contributed by atoms with Gasteiger partial charge in [-0.1, -0.05) is 41.9 Å². The van der Waals surface area contributed by atoms with Crippen LogP contribution >= 0.6 is 22.9 Å². The lowest BCUT2D eigenvalue weighted by molar-refractivity contribution is 0.0946. The number of hydrogen-bond donors (Lipinski definition) is 1. The Morgan fingerprint density at radius 2 is 1.87 bits per heavy atom. The van der Waals surface area contributed by atoms with Gasteiger partial charge in [0.1, 0.15) is 4.83 Å². The molecule has 0 radical (unpaired) electrons. The third-order valence-electron chi connectivity index (χ3n) is 5.10. The van der Waals surface area contributed by atoms with Crippen LogP contribution in [0.3, 0.4) is 0 Å². The minimum atomic E-state index is -0.0685. The lowest BCUT2D eigenvalue weighted by atomic mass is 10.1. The minimum Gasteiger partial charge on any atom is -0.349 e. The summed E-state index contributed by atoms with van der Waals surface area (Å²) in [6.07, 6.45) is 0. The molecule has 0 aliphatic heterocycles. The topological polar surface area (TPSA) is 50.2 Å². The van der Waals surface area contributed by atoms with Crippen molar-refractivity contribution >= 4 is 39.1 Å². The number of amides is 1. The summed E-state index contributed by atoms with van der Waals surface area (Å²) in [5.74, 6) is -0.0685. The Labute approximate surface area is 184 Å². The lowest BCUT2D eigenvalue weighted by Crippen LogP contribution is -2.34. The van der Waals surface area contributed by atoms with Crippen molar-refractivity contribution in [1.29, 1.82) is 0 Å². The number of halogens is 1. The van der Waals surface area contributed by atoms with Gasteiger partial charge in [-0.2, -0.15) is 5.10 Å². The molecule has 1 atom stereocenters. The van der Waals surface area contributed by atoms with Crippen LogP contribution < -0.4 is 5.32 Å². The number of rotatable bonds is 6. The summed E-state index contributed by atoms with van der Waals surface area (Å²) < 4.78 is 1.87. The fourth-order valence-corrected chi connectivity index (χ4v) is 4.69. The summed E-state index contributed by atoms with van der Waals surface area (Å²) in [5, 5.41) is 9.40. The Balaban J connectivity index is 1.56. The van der Waals surface area contributed by atoms with Crippen molar-refractivity contribution in [2.45, 2.75) is 13.0 Å². The predicted molar refractivity (Wildman–Crippen MR) is 124 cm³/mol. The molecule has 1 amide bonds. The zero-order valence-corrected chi connectivity index (χ0v) is 18.7. The van der Waals surface area contributed by atoms with Gasteiger partial charge in [0.15, 0.2) is 0 Å². The van der Waals surface area contributed by atoms with Gasteiger partial charge >= 0.3 is 0 Å². The van der Waals surface area contributed by atoms with Gasteiger partial charge in [-0.05, 0) is 56.9 Å². The van der Waals surface area contributed by atoms with Gasteiger partial charge in [0.2, 0.25) is 0 Å². The number of aryl methyl sites for hydroxylation is 1. The molecule has 0 aliphatic carbocycles. The molecule has 5 nitrogen and oxygen atoms in total. The van der Waals surface area contributed by atoms with Gasteiger partial charge in [-0.15, -0.1) is 11.3 Å². The number of benzene rings is 2. The van der Waals surface area contributed by atoms with Crippen molar-refractivity contribution in [1.82, 2.24) is 20.0 Å². The summed E-state index contributed by atoms with van der Waals surface area (Å²) in [5.41, 5.74) is 2.99. The lowest BCUT2D eigenvalue weighted by Gasteiger charge is -2.25. The maximum Gasteiger partial charge on any atom is 0.261 e. The number of carbonyl (C=O) groups is 1. The van der Waals surface area contributed by atoms with E-state index in [-0.39, 0.29) is 11.9 Å². The van der Waals surface area contributed by atoms with E-state index in [1.165, 1.54) is 16.9 Å². The van der Waals surface area contributed by atoms with Crippen LogP contribution in [0.4, 0.5) is 0 Å². The fraction of sp³-hybridized carbons (Fsp3) is 0.217. The fourth-order valence-electron chi connectivity index (χ4n) is 3.47. The van der Waals surface area contributed by atoms with Crippen molar-refractivity contribution in [3.05, 3.63) is 81.8 Å². The normalized spacial score (nSPS) is 12.4. The van der Waals surface area contributed by atoms with Crippen molar-refractivity contribution in [2.24, 2.45) is 0 Å². The van der Waals surface area contributed by atoms with E-state index >= 15 is 0 Å². The highest BCUT2D eigenvalue weighted by Gasteiger charge is 2.19. The molecule has 0 unspecified atom stereocenters. The van der Waals surface area contributed by atoms with E-state index in [0.29, 0.717) is 16.4 Å². The third kappa shape index (κ3) is 4.12. The standard InChI is InChI=1S/C23H23ClN4OS/c1-15-19-13-21(30-23(19)28(26-15)18-11-9-17(24)10-12-18)22(29)25-14-20(27(2)3)16-7-5-4-6-8-16/h4-13,20H,14H2,1-3H3,(H,25,29)/t20-/m0/s1. The Morgan fingerprint density at radius 1 is 1.17 bits per heavy atom. The van der Waals surface area contributed by atoms with E-state index in [1.54, 1.807) is 0 Å². The van der Waals surface area contributed by atoms with E-state index in [2.05, 4.69) is 27.4 Å². The van der Waals surface area contributed by atoms with E-state index < -0.39 is 0 Å². The molecule has 0 aliphatic rings. The van der Waals surface area contributed by atoms with Crippen LogP contribution in [0.15, 0.2) is 60.7 Å². The van der Waals surface area contributed by atoms with Crippen LogP contribution in [0.2, 0.25) is 5.02 Å². The highest BCUT2D eigenvalue weighted by atomic mass is 35.5. The van der Waals surface area contributed by atoms with Crippen LogP contribution in [0.5, 0.6) is 0 Å². The molecular formula is C23H23ClN4OS. The second kappa shape index (κ2) is 8.60. The van der Waals surface area contributed by atoms with Gasteiger partial charge in [-0.3, -0.25) is 4.79 Å². The Kier molecular flexibility index (Phi) is 5.90. The molecule has 0 bridgehead atoms. The third-order valence-corrected chi connectivity index (χ3v) is 6.46. The van der Waals surface area contributed by atoms with E-state index in [1.807, 2.05) is 74.2 Å². The summed E-state index contributed by atoms with van der Waals surface area (Å²) in [4.78, 5) is 16.7. The molecule has 154 valence electrons. The molecule has 0 saturated carbocycles. The smallest absolute Gasteiger partial charge is 0.261 e. The van der Waals surface area contributed by atoms with Crippen LogP contribution in [-0.2, 0) is 0 Å². The van der Waals surface area contributed by atoms with Gasteiger partial charge in [-0.25, -0.2) is 4.68 Å². The first-order valence-corrected chi connectivity index (χ1v) is 10.9. The van der Waals surface area contributed by atoms with Crippen LogP contribution in [0.25, 0.3) is 15.9 Å².